The van der Waals surface area contributed by atoms with Crippen molar-refractivity contribution in [2.75, 3.05) is 0 Å². The monoisotopic (exact) mass is 344 g/mol. The highest BCUT2D eigenvalue weighted by molar-refractivity contribution is 5.86. The predicted molar refractivity (Wildman–Crippen MR) is 88.3 cm³/mol. The Morgan fingerprint density at radius 2 is 2.12 bits per heavy atom. The molecule has 0 aromatic heterocycles. The number of rotatable bonds is 1. The molecule has 0 aromatic carbocycles. The van der Waals surface area contributed by atoms with Crippen LogP contribution in [-0.4, -0.2) is 33.9 Å². The minimum absolute atomic E-state index is 0.0204. The Balaban J connectivity index is 1.78. The quantitative estimate of drug-likeness (QED) is 0.563. The average Bonchev–Trinajstić information content (AvgIpc) is 2.95. The Morgan fingerprint density at radius 1 is 1.40 bits per heavy atom. The van der Waals surface area contributed by atoms with E-state index in [1.165, 1.54) is 0 Å². The van der Waals surface area contributed by atoms with Gasteiger partial charge in [0, 0.05) is 11.8 Å². The number of esters is 1. The molecule has 8 unspecified atom stereocenters. The van der Waals surface area contributed by atoms with E-state index in [1.807, 2.05) is 6.08 Å². The molecule has 5 nitrogen and oxygen atoms in total. The third kappa shape index (κ3) is 1.37. The first-order valence-corrected chi connectivity index (χ1v) is 9.14. The molecule has 134 valence electrons. The second-order valence-electron chi connectivity index (χ2n) is 9.47. The van der Waals surface area contributed by atoms with Gasteiger partial charge in [0.2, 0.25) is 0 Å². The zero-order valence-corrected chi connectivity index (χ0v) is 14.6. The van der Waals surface area contributed by atoms with Crippen LogP contribution in [0.5, 0.6) is 0 Å². The van der Waals surface area contributed by atoms with Crippen LogP contribution in [-0.2, 0) is 14.3 Å². The van der Waals surface area contributed by atoms with Gasteiger partial charge in [-0.25, -0.2) is 0 Å². The molecule has 8 atom stereocenters. The summed E-state index contributed by atoms with van der Waals surface area (Å²) in [4.78, 5) is 25.2. The number of hydrogen-bond donors (Lipinski definition) is 2. The number of carboxylic acid groups (broad SMARTS) is 1. The lowest BCUT2D eigenvalue weighted by molar-refractivity contribution is -0.162. The number of aliphatic hydroxyl groups is 1. The van der Waals surface area contributed by atoms with Crippen molar-refractivity contribution in [2.45, 2.75) is 51.2 Å². The second kappa shape index (κ2) is 4.03. The Morgan fingerprint density at radius 3 is 2.80 bits per heavy atom. The van der Waals surface area contributed by atoms with Crippen LogP contribution in [0.1, 0.15) is 39.5 Å². The maximum absolute atomic E-state index is 12.7. The van der Waals surface area contributed by atoms with Crippen LogP contribution in [0.2, 0.25) is 0 Å². The Hall–Kier alpha value is -1.62. The fourth-order valence-corrected chi connectivity index (χ4v) is 7.44. The van der Waals surface area contributed by atoms with Crippen LogP contribution in [0.15, 0.2) is 24.3 Å². The van der Waals surface area contributed by atoms with E-state index in [0.717, 1.165) is 24.8 Å². The maximum Gasteiger partial charge on any atom is 0.316 e. The van der Waals surface area contributed by atoms with E-state index in [0.29, 0.717) is 6.42 Å². The van der Waals surface area contributed by atoms with Gasteiger partial charge >= 0.3 is 11.9 Å². The highest BCUT2D eigenvalue weighted by Gasteiger charge is 2.83. The van der Waals surface area contributed by atoms with Gasteiger partial charge in [0.1, 0.15) is 11.0 Å². The van der Waals surface area contributed by atoms with Gasteiger partial charge in [0.15, 0.2) is 0 Å². The zero-order chi connectivity index (χ0) is 18.0. The molecular weight excluding hydrogens is 320 g/mol. The highest BCUT2D eigenvalue weighted by atomic mass is 16.6. The summed E-state index contributed by atoms with van der Waals surface area (Å²) >= 11 is 0. The minimum atomic E-state index is -1.19. The largest absolute Gasteiger partial charge is 0.481 e. The molecule has 4 fully saturated rings. The summed E-state index contributed by atoms with van der Waals surface area (Å²) in [5, 5.41) is 20.8. The lowest BCUT2D eigenvalue weighted by Crippen LogP contribution is -2.50. The van der Waals surface area contributed by atoms with Crippen LogP contribution in [0.3, 0.4) is 0 Å². The van der Waals surface area contributed by atoms with E-state index in [2.05, 4.69) is 13.5 Å². The normalized spacial score (nSPS) is 58.0. The van der Waals surface area contributed by atoms with Gasteiger partial charge in [-0.1, -0.05) is 25.2 Å². The number of aliphatic carboxylic acids is 1. The Labute approximate surface area is 146 Å². The van der Waals surface area contributed by atoms with Crippen molar-refractivity contribution in [3.05, 3.63) is 24.3 Å². The van der Waals surface area contributed by atoms with Gasteiger partial charge in [-0.15, -0.1) is 0 Å². The van der Waals surface area contributed by atoms with Gasteiger partial charge in [-0.05, 0) is 49.5 Å². The van der Waals surface area contributed by atoms with Crippen molar-refractivity contribution in [3.8, 4) is 0 Å². The molecule has 3 saturated carbocycles. The molecule has 1 spiro atoms. The summed E-state index contributed by atoms with van der Waals surface area (Å²) < 4.78 is 5.95. The zero-order valence-electron chi connectivity index (χ0n) is 14.6. The number of carbonyl (C=O) groups excluding carboxylic acids is 1. The molecule has 5 rings (SSSR count). The van der Waals surface area contributed by atoms with Crippen LogP contribution in [0, 0.1) is 34.0 Å². The van der Waals surface area contributed by atoms with Crippen LogP contribution in [0.25, 0.3) is 0 Å². The number of carboxylic acids is 1. The molecule has 0 aromatic rings. The van der Waals surface area contributed by atoms with Crippen molar-refractivity contribution in [3.63, 3.8) is 0 Å². The van der Waals surface area contributed by atoms with Gasteiger partial charge in [0.05, 0.1) is 12.0 Å². The van der Waals surface area contributed by atoms with Gasteiger partial charge in [0.25, 0.3) is 0 Å². The number of allylic oxidation sites excluding steroid dienone is 1. The summed E-state index contributed by atoms with van der Waals surface area (Å²) in [5.74, 6) is -2.58. The molecule has 1 aliphatic heterocycles. The SMILES string of the molecule is C=C1CC23CC1(C)CCC2C12C=CC(O)C(C)(C(=O)O1)C2C3C(=O)O. The van der Waals surface area contributed by atoms with Gasteiger partial charge in [-0.2, -0.15) is 0 Å². The Kier molecular flexibility index (Phi) is 2.52. The van der Waals surface area contributed by atoms with E-state index >= 15 is 0 Å². The first-order valence-electron chi connectivity index (χ1n) is 9.14. The topological polar surface area (TPSA) is 83.8 Å². The van der Waals surface area contributed by atoms with Crippen LogP contribution in [0.4, 0.5) is 0 Å². The van der Waals surface area contributed by atoms with Crippen LogP contribution >= 0.6 is 0 Å². The molecule has 5 heteroatoms. The number of carbonyl (C=O) groups is 2. The summed E-state index contributed by atoms with van der Waals surface area (Å²) in [6.45, 7) is 8.15. The summed E-state index contributed by atoms with van der Waals surface area (Å²) in [6.07, 6.45) is 5.71. The lowest BCUT2D eigenvalue weighted by atomic mass is 9.60. The summed E-state index contributed by atoms with van der Waals surface area (Å²) in [6, 6.07) is 0. The van der Waals surface area contributed by atoms with E-state index in [4.69, 9.17) is 4.74 Å². The highest BCUT2D eigenvalue weighted by Crippen LogP contribution is 2.78. The smallest absolute Gasteiger partial charge is 0.316 e. The van der Waals surface area contributed by atoms with Gasteiger partial charge < -0.3 is 14.9 Å². The average molecular weight is 344 g/mol. The lowest BCUT2D eigenvalue weighted by Gasteiger charge is -2.45. The van der Waals surface area contributed by atoms with Crippen molar-refractivity contribution in [1.29, 1.82) is 0 Å². The first kappa shape index (κ1) is 15.6. The maximum atomic E-state index is 12.7. The first-order chi connectivity index (χ1) is 11.6. The molecular formula is C20H24O5. The molecule has 4 aliphatic carbocycles. The molecule has 4 bridgehead atoms. The number of aliphatic hydroxyl groups excluding tert-OH is 1. The van der Waals surface area contributed by atoms with E-state index in [9.17, 15) is 19.8 Å². The number of hydrogen-bond acceptors (Lipinski definition) is 4. The minimum Gasteiger partial charge on any atom is -0.481 e. The van der Waals surface area contributed by atoms with Crippen molar-refractivity contribution < 1.29 is 24.5 Å². The van der Waals surface area contributed by atoms with Crippen molar-refractivity contribution in [2.24, 2.45) is 34.0 Å². The molecule has 2 N–H and O–H groups in total. The van der Waals surface area contributed by atoms with Crippen LogP contribution < -0.4 is 0 Å². The molecule has 25 heavy (non-hydrogen) atoms. The fraction of sp³-hybridized carbons (Fsp3) is 0.700. The fourth-order valence-electron chi connectivity index (χ4n) is 7.44. The standard InChI is InChI=1S/C20H24O5/c1-10-8-19-9-17(10,2)6-4-11(19)20-7-5-12(21)18(3,16(24)25-20)14(20)13(19)15(22)23/h5,7,11-14,21H,1,4,6,8-9H2,2-3H3,(H,22,23). The molecule has 1 heterocycles. The second-order valence-corrected chi connectivity index (χ2v) is 9.47. The van der Waals surface area contributed by atoms with Gasteiger partial charge in [-0.3, -0.25) is 9.59 Å². The third-order valence-electron chi connectivity index (χ3n) is 8.55. The predicted octanol–water partition coefficient (Wildman–Crippen LogP) is 2.30. The van der Waals surface area contributed by atoms with E-state index in [-0.39, 0.29) is 11.3 Å². The van der Waals surface area contributed by atoms with Crippen molar-refractivity contribution >= 4 is 11.9 Å². The number of fused-ring (bicyclic) bond motifs is 1. The summed E-state index contributed by atoms with van der Waals surface area (Å²) in [7, 11) is 0. The third-order valence-corrected chi connectivity index (χ3v) is 8.55. The molecule has 0 radical (unpaired) electrons. The number of ether oxygens (including phenoxy) is 1. The van der Waals surface area contributed by atoms with E-state index in [1.54, 1.807) is 13.0 Å². The summed E-state index contributed by atoms with van der Waals surface area (Å²) in [5.41, 5.74) is -1.41. The molecule has 0 amide bonds. The van der Waals surface area contributed by atoms with E-state index < -0.39 is 46.3 Å². The molecule has 1 saturated heterocycles. The Bertz CT molecular complexity index is 770. The van der Waals surface area contributed by atoms with Crippen molar-refractivity contribution in [1.82, 2.24) is 0 Å². The molecule has 5 aliphatic rings.